The molecule has 2 heteroatoms. The van der Waals surface area contributed by atoms with Crippen LogP contribution in [0.4, 0.5) is 4.39 Å². The zero-order chi connectivity index (χ0) is 19.9. The number of nitrogens with zero attached hydrogens (tertiary/aromatic N) is 1. The van der Waals surface area contributed by atoms with Crippen molar-refractivity contribution in [3.05, 3.63) is 106 Å². The molecule has 0 aliphatic heterocycles. The zero-order valence-electron chi connectivity index (χ0n) is 16.3. The predicted molar refractivity (Wildman–Crippen MR) is 118 cm³/mol. The summed E-state index contributed by atoms with van der Waals surface area (Å²) in [5.74, 6) is -0.235. The largest absolute Gasteiger partial charge is 0.263 e. The Morgan fingerprint density at radius 2 is 1.75 bits per heavy atom. The summed E-state index contributed by atoms with van der Waals surface area (Å²) >= 11 is 0. The second kappa shape index (κ2) is 9.09. The molecule has 0 unspecified atom stereocenters. The summed E-state index contributed by atoms with van der Waals surface area (Å²) in [6, 6.07) is 19.3. The van der Waals surface area contributed by atoms with Gasteiger partial charge in [-0.25, -0.2) is 4.39 Å². The Balaban J connectivity index is 2.03. The Morgan fingerprint density at radius 1 is 0.964 bits per heavy atom. The molecule has 28 heavy (non-hydrogen) atoms. The van der Waals surface area contributed by atoms with Crippen LogP contribution in [0.1, 0.15) is 23.6 Å². The van der Waals surface area contributed by atoms with Gasteiger partial charge in [0, 0.05) is 17.6 Å². The topological polar surface area (TPSA) is 12.4 Å². The van der Waals surface area contributed by atoms with E-state index in [0.29, 0.717) is 0 Å². The molecule has 0 saturated heterocycles. The van der Waals surface area contributed by atoms with Crippen LogP contribution < -0.4 is 10.4 Å². The molecule has 0 bridgehead atoms. The van der Waals surface area contributed by atoms with Crippen molar-refractivity contribution in [3.8, 4) is 11.1 Å². The molecule has 0 spiro atoms. The van der Waals surface area contributed by atoms with E-state index < -0.39 is 0 Å². The number of benzene rings is 3. The lowest BCUT2D eigenvalue weighted by atomic mass is 9.99. The maximum Gasteiger partial charge on any atom is 0.123 e. The molecular formula is C26H24FN. The molecule has 0 aliphatic rings. The monoisotopic (exact) mass is 369 g/mol. The van der Waals surface area contributed by atoms with E-state index in [4.69, 9.17) is 0 Å². The third-order valence-corrected chi connectivity index (χ3v) is 4.72. The second-order valence-corrected chi connectivity index (χ2v) is 6.71. The smallest absolute Gasteiger partial charge is 0.123 e. The maximum absolute atomic E-state index is 13.7. The molecule has 3 aromatic rings. The van der Waals surface area contributed by atoms with Crippen molar-refractivity contribution in [1.82, 2.24) is 0 Å². The van der Waals surface area contributed by atoms with Gasteiger partial charge in [-0.15, -0.1) is 0 Å². The van der Waals surface area contributed by atoms with Crippen molar-refractivity contribution in [1.29, 1.82) is 0 Å². The van der Waals surface area contributed by atoms with Gasteiger partial charge >= 0.3 is 0 Å². The van der Waals surface area contributed by atoms with Gasteiger partial charge in [-0.1, -0.05) is 68.1 Å². The molecule has 0 fully saturated rings. The van der Waals surface area contributed by atoms with Crippen LogP contribution in [-0.2, 0) is 6.42 Å². The van der Waals surface area contributed by atoms with Crippen LogP contribution in [-0.4, -0.2) is 6.21 Å². The zero-order valence-corrected chi connectivity index (χ0v) is 16.3. The Morgan fingerprint density at radius 3 is 2.46 bits per heavy atom. The van der Waals surface area contributed by atoms with Crippen molar-refractivity contribution in [2.45, 2.75) is 20.3 Å². The average molecular weight is 369 g/mol. The van der Waals surface area contributed by atoms with E-state index in [1.807, 2.05) is 43.6 Å². The van der Waals surface area contributed by atoms with Crippen molar-refractivity contribution in [2.75, 3.05) is 0 Å². The highest BCUT2D eigenvalue weighted by atomic mass is 19.1. The highest BCUT2D eigenvalue weighted by Crippen LogP contribution is 2.22. The molecule has 0 aromatic heterocycles. The number of allylic oxidation sites excluding steroid dienone is 1. The molecule has 0 amide bonds. The highest BCUT2D eigenvalue weighted by molar-refractivity contribution is 5.81. The molecular weight excluding hydrogens is 345 g/mol. The van der Waals surface area contributed by atoms with Crippen molar-refractivity contribution < 1.29 is 4.39 Å². The fourth-order valence-corrected chi connectivity index (χ4v) is 3.08. The van der Waals surface area contributed by atoms with Crippen LogP contribution in [0.15, 0.2) is 78.3 Å². The average Bonchev–Trinajstić information content (AvgIpc) is 2.71. The number of hydrogen-bond donors (Lipinski definition) is 0. The lowest BCUT2D eigenvalue weighted by Gasteiger charge is -2.06. The molecule has 0 atom stereocenters. The maximum atomic E-state index is 13.7. The number of hydrogen-bond acceptors (Lipinski definition) is 1. The van der Waals surface area contributed by atoms with E-state index in [0.717, 1.165) is 39.1 Å². The highest BCUT2D eigenvalue weighted by Gasteiger charge is 2.03. The van der Waals surface area contributed by atoms with Crippen LogP contribution >= 0.6 is 0 Å². The van der Waals surface area contributed by atoms with E-state index in [1.165, 1.54) is 11.6 Å². The third-order valence-electron chi connectivity index (χ3n) is 4.72. The fraction of sp³-hybridized carbons (Fsp3) is 0.115. The number of rotatable bonds is 5. The first kappa shape index (κ1) is 19.5. The first-order valence-corrected chi connectivity index (χ1v) is 9.42. The summed E-state index contributed by atoms with van der Waals surface area (Å²) in [5.41, 5.74) is 5.25. The minimum atomic E-state index is -0.235. The number of halogens is 1. The molecule has 3 rings (SSSR count). The number of aryl methyl sites for hydroxylation is 2. The third kappa shape index (κ3) is 4.72. The molecule has 3 aromatic carbocycles. The molecule has 0 saturated carbocycles. The summed E-state index contributed by atoms with van der Waals surface area (Å²) in [5, 5.41) is 1.98. The van der Waals surface area contributed by atoms with Crippen molar-refractivity contribution in [2.24, 2.45) is 4.99 Å². The first-order chi connectivity index (χ1) is 13.6. The summed E-state index contributed by atoms with van der Waals surface area (Å²) in [6.45, 7) is 7.92. The quantitative estimate of drug-likeness (QED) is 0.549. The predicted octanol–water partition coefficient (Wildman–Crippen LogP) is 5.19. The molecule has 140 valence electrons. The molecule has 0 radical (unpaired) electrons. The summed E-state index contributed by atoms with van der Waals surface area (Å²) in [4.78, 5) is 4.51. The van der Waals surface area contributed by atoms with Crippen molar-refractivity contribution in [3.63, 3.8) is 0 Å². The van der Waals surface area contributed by atoms with Gasteiger partial charge in [-0.3, -0.25) is 4.99 Å². The molecule has 1 nitrogen and oxygen atoms in total. The Bertz CT molecular complexity index is 1120. The summed E-state index contributed by atoms with van der Waals surface area (Å²) in [6.07, 6.45) is 8.40. The Kier molecular flexibility index (Phi) is 6.33. The van der Waals surface area contributed by atoms with Gasteiger partial charge in [-0.05, 0) is 64.6 Å². The van der Waals surface area contributed by atoms with Gasteiger partial charge in [0.05, 0.1) is 0 Å². The Labute approximate surface area is 165 Å². The van der Waals surface area contributed by atoms with Crippen LogP contribution in [0.25, 0.3) is 23.4 Å². The van der Waals surface area contributed by atoms with Gasteiger partial charge in [-0.2, -0.15) is 0 Å². The minimum absolute atomic E-state index is 0.235. The summed E-state index contributed by atoms with van der Waals surface area (Å²) < 4.78 is 13.7. The molecule has 0 aliphatic carbocycles. The van der Waals surface area contributed by atoms with Gasteiger partial charge in [0.2, 0.25) is 0 Å². The van der Waals surface area contributed by atoms with Crippen LogP contribution in [0.2, 0.25) is 0 Å². The molecule has 0 heterocycles. The standard InChI is InChI=1S/C26H24FN/c1-4-6-22-12-13-23(26-16-25(27)14-7-19(26)3)15-24(22)18-28-17-21-10-8-20(5-2)9-11-21/h4,6-18H,1,5H2,2-3H3/b22-6-,24-18-,28-17+. The van der Waals surface area contributed by atoms with Crippen molar-refractivity contribution >= 4 is 18.5 Å². The van der Waals surface area contributed by atoms with E-state index >= 15 is 0 Å². The van der Waals surface area contributed by atoms with E-state index in [1.54, 1.807) is 18.2 Å². The first-order valence-electron chi connectivity index (χ1n) is 9.42. The lowest BCUT2D eigenvalue weighted by Crippen LogP contribution is -2.23. The van der Waals surface area contributed by atoms with Crippen LogP contribution in [0, 0.1) is 12.7 Å². The fourth-order valence-electron chi connectivity index (χ4n) is 3.08. The lowest BCUT2D eigenvalue weighted by molar-refractivity contribution is 0.628. The minimum Gasteiger partial charge on any atom is -0.263 e. The van der Waals surface area contributed by atoms with Crippen LogP contribution in [0.5, 0.6) is 0 Å². The summed E-state index contributed by atoms with van der Waals surface area (Å²) in [7, 11) is 0. The normalized spacial score (nSPS) is 12.7. The number of aliphatic imine (C=N–C) groups is 1. The van der Waals surface area contributed by atoms with Gasteiger partial charge in [0.25, 0.3) is 0 Å². The Hall–Kier alpha value is -3.26. The van der Waals surface area contributed by atoms with Gasteiger partial charge in [0.15, 0.2) is 0 Å². The molecule has 0 N–H and O–H groups in total. The van der Waals surface area contributed by atoms with E-state index in [9.17, 15) is 4.39 Å². The van der Waals surface area contributed by atoms with E-state index in [-0.39, 0.29) is 5.82 Å². The SMILES string of the molecule is C=C/C=c1/ccc(-c2cc(F)ccc2C)c/c1=C/N=C/c1ccc(CC)cc1. The van der Waals surface area contributed by atoms with E-state index in [2.05, 4.69) is 42.8 Å². The van der Waals surface area contributed by atoms with Crippen LogP contribution in [0.3, 0.4) is 0 Å². The van der Waals surface area contributed by atoms with Gasteiger partial charge in [0.1, 0.15) is 5.82 Å². The van der Waals surface area contributed by atoms with Gasteiger partial charge < -0.3 is 0 Å². The second-order valence-electron chi connectivity index (χ2n) is 6.71.